The Bertz CT molecular complexity index is 1670. The summed E-state index contributed by atoms with van der Waals surface area (Å²) in [4.78, 5) is 28.2. The number of carbonyl (C=O) groups is 2. The van der Waals surface area contributed by atoms with Gasteiger partial charge in [0.15, 0.2) is 0 Å². The molecule has 0 radical (unpaired) electrons. The molecule has 2 aromatic carbocycles. The maximum absolute atomic E-state index is 13.6. The summed E-state index contributed by atoms with van der Waals surface area (Å²) in [6.07, 6.45) is 10.7. The van der Waals surface area contributed by atoms with Crippen LogP contribution in [0.4, 0.5) is 9.59 Å². The van der Waals surface area contributed by atoms with E-state index in [0.29, 0.717) is 30.3 Å². The molecule has 10 atom stereocenters. The van der Waals surface area contributed by atoms with E-state index in [1.54, 1.807) is 5.57 Å². The first-order valence-corrected chi connectivity index (χ1v) is 19.5. The summed E-state index contributed by atoms with van der Waals surface area (Å²) in [6, 6.07) is 19.8. The summed E-state index contributed by atoms with van der Waals surface area (Å²) in [5.74, 6) is 2.43. The number of allylic oxidation sites excluding steroid dienone is 2. The van der Waals surface area contributed by atoms with Crippen molar-refractivity contribution in [3.8, 4) is 0 Å². The van der Waals surface area contributed by atoms with Gasteiger partial charge >= 0.3 is 12.2 Å². The van der Waals surface area contributed by atoms with Crippen LogP contribution in [0.15, 0.2) is 83.5 Å². The van der Waals surface area contributed by atoms with Gasteiger partial charge in [0.25, 0.3) is 0 Å². The largest absolute Gasteiger partial charge is 0.508 e. The fourth-order valence-corrected chi connectivity index (χ4v) is 11.4. The van der Waals surface area contributed by atoms with E-state index in [4.69, 9.17) is 18.9 Å². The molecule has 2 saturated heterocycles. The predicted molar refractivity (Wildman–Crippen MR) is 195 cm³/mol. The third-order valence-corrected chi connectivity index (χ3v) is 14.0. The molecule has 0 N–H and O–H groups in total. The van der Waals surface area contributed by atoms with Crippen molar-refractivity contribution in [1.82, 2.24) is 4.90 Å². The molecule has 272 valence electrons. The van der Waals surface area contributed by atoms with E-state index >= 15 is 0 Å². The van der Waals surface area contributed by atoms with Crippen LogP contribution in [0.1, 0.15) is 96.6 Å². The topological polar surface area (TPSA) is 74.3 Å². The Hall–Kier alpha value is -3.58. The minimum absolute atomic E-state index is 0.0417. The first-order valence-electron chi connectivity index (χ1n) is 19.5. The molecule has 2 aromatic rings. The standard InChI is InChI=1S/C44H55NO6/c1-28-21-39-40(45(25-28)41(46)48-26-31-11-7-5-8-12-31)30(3)44(51-39)20-18-35-36-16-15-33-22-34(50-42(47)49-27-32-13-9-6-10-14-32)17-19-43(33,4)38(36)23-37(35)29(2)24-44/h5-15,28,30,34-36,38-40H,16-27H2,1-4H3/t28-,30+,34-,35-,36-,38-,39+,40?,43-,44-/m0/s1. The molecule has 4 aliphatic carbocycles. The van der Waals surface area contributed by atoms with Crippen molar-refractivity contribution in [1.29, 1.82) is 0 Å². The number of piperidine rings is 1. The van der Waals surface area contributed by atoms with Crippen LogP contribution in [0, 0.1) is 35.0 Å². The van der Waals surface area contributed by atoms with E-state index in [9.17, 15) is 9.59 Å². The minimum Gasteiger partial charge on any atom is -0.445 e. The number of amides is 1. The van der Waals surface area contributed by atoms with Crippen molar-refractivity contribution >= 4 is 12.2 Å². The van der Waals surface area contributed by atoms with E-state index in [1.165, 1.54) is 11.1 Å². The van der Waals surface area contributed by atoms with Crippen LogP contribution in [0.2, 0.25) is 0 Å². The molecule has 51 heavy (non-hydrogen) atoms. The highest BCUT2D eigenvalue weighted by Crippen LogP contribution is 2.64. The van der Waals surface area contributed by atoms with Crippen molar-refractivity contribution in [2.75, 3.05) is 6.54 Å². The third kappa shape index (κ3) is 6.42. The van der Waals surface area contributed by atoms with Crippen LogP contribution < -0.4 is 0 Å². The number of ether oxygens (including phenoxy) is 4. The third-order valence-electron chi connectivity index (χ3n) is 14.0. The van der Waals surface area contributed by atoms with Crippen LogP contribution in [0.5, 0.6) is 0 Å². The van der Waals surface area contributed by atoms with Gasteiger partial charge in [0.2, 0.25) is 0 Å². The molecule has 0 aromatic heterocycles. The lowest BCUT2D eigenvalue weighted by molar-refractivity contribution is -0.0784. The molecule has 2 heterocycles. The SMILES string of the molecule is CC1=C2C[C@H]3[C@@H](CC=C4C[C@@H](OC(=O)OCc5ccccc5)CC[C@@]43C)[C@@H]2CC[C@@]2(C1)O[C@@H]1C[C@H](C)CN(C(=O)OCc3ccccc3)C1[C@H]2C. The molecule has 4 fully saturated rings. The van der Waals surface area contributed by atoms with Gasteiger partial charge in [0, 0.05) is 18.9 Å². The second kappa shape index (κ2) is 13.8. The number of hydrogen-bond donors (Lipinski definition) is 0. The van der Waals surface area contributed by atoms with Crippen LogP contribution in [-0.4, -0.2) is 47.5 Å². The molecule has 7 nitrogen and oxygen atoms in total. The number of likely N-dealkylation sites (tertiary alicyclic amines) is 1. The summed E-state index contributed by atoms with van der Waals surface area (Å²) in [7, 11) is 0. The molecule has 8 rings (SSSR count). The van der Waals surface area contributed by atoms with Gasteiger partial charge in [-0.1, -0.05) is 104 Å². The fourth-order valence-electron chi connectivity index (χ4n) is 11.4. The Balaban J connectivity index is 0.931. The minimum atomic E-state index is -0.565. The van der Waals surface area contributed by atoms with Crippen LogP contribution in [-0.2, 0) is 32.2 Å². The van der Waals surface area contributed by atoms with Crippen LogP contribution in [0.25, 0.3) is 0 Å². The number of rotatable bonds is 5. The first kappa shape index (κ1) is 34.5. The number of benzene rings is 2. The molecular weight excluding hydrogens is 638 g/mol. The highest BCUT2D eigenvalue weighted by molar-refractivity contribution is 5.68. The molecule has 1 unspecified atom stereocenters. The van der Waals surface area contributed by atoms with Crippen molar-refractivity contribution in [3.63, 3.8) is 0 Å². The molecule has 7 heteroatoms. The van der Waals surface area contributed by atoms with Crippen molar-refractivity contribution in [3.05, 3.63) is 94.6 Å². The van der Waals surface area contributed by atoms with Gasteiger partial charge in [-0.2, -0.15) is 0 Å². The fraction of sp³-hybridized carbons (Fsp3) is 0.591. The molecule has 1 amide bonds. The smallest absolute Gasteiger partial charge is 0.445 e. The summed E-state index contributed by atoms with van der Waals surface area (Å²) >= 11 is 0. The normalized spacial score (nSPS) is 37.0. The average molecular weight is 694 g/mol. The Kier molecular flexibility index (Phi) is 9.31. The zero-order chi connectivity index (χ0) is 35.3. The molecule has 6 aliphatic rings. The Labute approximate surface area is 303 Å². The lowest BCUT2D eigenvalue weighted by atomic mass is 9.56. The van der Waals surface area contributed by atoms with Gasteiger partial charge in [-0.3, -0.25) is 0 Å². The molecule has 1 spiro atoms. The van der Waals surface area contributed by atoms with Crippen LogP contribution in [0.3, 0.4) is 0 Å². The zero-order valence-corrected chi connectivity index (χ0v) is 30.9. The molecule has 0 bridgehead atoms. The van der Waals surface area contributed by atoms with Gasteiger partial charge in [-0.05, 0) is 98.5 Å². The zero-order valence-electron chi connectivity index (χ0n) is 30.9. The Morgan fingerprint density at radius 3 is 2.35 bits per heavy atom. The first-order chi connectivity index (χ1) is 24.6. The lowest BCUT2D eigenvalue weighted by Crippen LogP contribution is -2.54. The summed E-state index contributed by atoms with van der Waals surface area (Å²) in [5, 5.41) is 0. The van der Waals surface area contributed by atoms with E-state index in [1.807, 2.05) is 65.6 Å². The van der Waals surface area contributed by atoms with Crippen molar-refractivity contribution in [2.24, 2.45) is 35.0 Å². The summed E-state index contributed by atoms with van der Waals surface area (Å²) in [5.41, 5.74) is 6.53. The van der Waals surface area contributed by atoms with E-state index in [-0.39, 0.29) is 47.9 Å². The van der Waals surface area contributed by atoms with Gasteiger partial charge < -0.3 is 23.8 Å². The summed E-state index contributed by atoms with van der Waals surface area (Å²) in [6.45, 7) is 10.7. The number of carbonyl (C=O) groups excluding carboxylic acids is 2. The lowest BCUT2D eigenvalue weighted by Gasteiger charge is -2.49. The maximum atomic E-state index is 13.6. The highest BCUT2D eigenvalue weighted by atomic mass is 16.7. The quantitative estimate of drug-likeness (QED) is 0.229. The van der Waals surface area contributed by atoms with Crippen LogP contribution >= 0.6 is 0 Å². The van der Waals surface area contributed by atoms with Gasteiger partial charge in [0.1, 0.15) is 19.3 Å². The average Bonchev–Trinajstić information content (AvgIpc) is 3.60. The molecule has 2 saturated carbocycles. The number of fused-ring (bicyclic) bond motifs is 6. The van der Waals surface area contributed by atoms with Crippen molar-refractivity contribution < 1.29 is 28.5 Å². The second-order valence-corrected chi connectivity index (χ2v) is 17.0. The maximum Gasteiger partial charge on any atom is 0.508 e. The highest BCUT2D eigenvalue weighted by Gasteiger charge is 2.60. The van der Waals surface area contributed by atoms with Gasteiger partial charge in [0.05, 0.1) is 17.7 Å². The van der Waals surface area contributed by atoms with Crippen molar-refractivity contribution in [2.45, 2.75) is 123 Å². The predicted octanol–water partition coefficient (Wildman–Crippen LogP) is 9.80. The molecular formula is C44H55NO6. The molecule has 2 aliphatic heterocycles. The van der Waals surface area contributed by atoms with Gasteiger partial charge in [-0.25, -0.2) is 9.59 Å². The number of nitrogens with zero attached hydrogens (tertiary/aromatic N) is 1. The van der Waals surface area contributed by atoms with E-state index < -0.39 is 6.16 Å². The second-order valence-electron chi connectivity index (χ2n) is 17.0. The Morgan fingerprint density at radius 2 is 1.63 bits per heavy atom. The van der Waals surface area contributed by atoms with E-state index in [0.717, 1.165) is 75.5 Å². The van der Waals surface area contributed by atoms with E-state index in [2.05, 4.69) is 33.8 Å². The summed E-state index contributed by atoms with van der Waals surface area (Å²) < 4.78 is 24.4. The Morgan fingerprint density at radius 1 is 0.922 bits per heavy atom. The monoisotopic (exact) mass is 693 g/mol. The number of hydrogen-bond acceptors (Lipinski definition) is 6. The van der Waals surface area contributed by atoms with Gasteiger partial charge in [-0.15, -0.1) is 0 Å².